The highest BCUT2D eigenvalue weighted by atomic mass is 32.2. The second kappa shape index (κ2) is 6.28. The van der Waals surface area contributed by atoms with Gasteiger partial charge in [0.1, 0.15) is 0 Å². The number of aryl methyl sites for hydroxylation is 1. The number of methoxy groups -OCH3 is 1. The summed E-state index contributed by atoms with van der Waals surface area (Å²) >= 11 is 0. The molecule has 1 aliphatic heterocycles. The fraction of sp³-hybridized carbons (Fsp3) is 0.278. The highest BCUT2D eigenvalue weighted by Crippen LogP contribution is 2.32. The molecule has 2 aromatic rings. The lowest BCUT2D eigenvalue weighted by molar-refractivity contribution is 0.0600. The summed E-state index contributed by atoms with van der Waals surface area (Å²) in [4.78, 5) is 14.0. The predicted octanol–water partition coefficient (Wildman–Crippen LogP) is 2.58. The molecule has 0 aliphatic carbocycles. The topological polar surface area (TPSA) is 63.7 Å². The standard InChI is InChI=1S/C18H19NO4S/c1-13-4-3-5-14(10-13)12-19-8-9-24(21,22)17-7-6-15(11-16(17)19)18(20)23-2/h3-7,10-11H,8-9,12H2,1-2H3. The van der Waals surface area contributed by atoms with E-state index in [-0.39, 0.29) is 10.6 Å². The minimum Gasteiger partial charge on any atom is -0.465 e. The number of hydrogen-bond acceptors (Lipinski definition) is 5. The molecule has 3 rings (SSSR count). The van der Waals surface area contributed by atoms with Gasteiger partial charge in [0.15, 0.2) is 9.84 Å². The van der Waals surface area contributed by atoms with Crippen molar-refractivity contribution in [2.45, 2.75) is 18.4 Å². The summed E-state index contributed by atoms with van der Waals surface area (Å²) in [6, 6.07) is 12.7. The van der Waals surface area contributed by atoms with E-state index in [1.54, 1.807) is 6.07 Å². The minimum atomic E-state index is -3.32. The molecule has 0 aromatic heterocycles. The molecule has 5 nitrogen and oxygen atoms in total. The Morgan fingerprint density at radius 1 is 1.21 bits per heavy atom. The van der Waals surface area contributed by atoms with E-state index < -0.39 is 15.8 Å². The van der Waals surface area contributed by atoms with Gasteiger partial charge in [-0.25, -0.2) is 13.2 Å². The number of sulfone groups is 1. The molecule has 1 heterocycles. The van der Waals surface area contributed by atoms with Crippen molar-refractivity contribution in [3.63, 3.8) is 0 Å². The number of ether oxygens (including phenoxy) is 1. The number of rotatable bonds is 3. The number of fused-ring (bicyclic) bond motifs is 1. The van der Waals surface area contributed by atoms with Crippen LogP contribution in [0.25, 0.3) is 0 Å². The van der Waals surface area contributed by atoms with Crippen LogP contribution in [0.15, 0.2) is 47.4 Å². The van der Waals surface area contributed by atoms with Crippen LogP contribution < -0.4 is 4.90 Å². The summed E-state index contributed by atoms with van der Waals surface area (Å²) in [5.74, 6) is -0.403. The van der Waals surface area contributed by atoms with Crippen molar-refractivity contribution >= 4 is 21.5 Å². The van der Waals surface area contributed by atoms with Gasteiger partial charge < -0.3 is 9.64 Å². The number of carbonyl (C=O) groups is 1. The van der Waals surface area contributed by atoms with Crippen LogP contribution in [0.1, 0.15) is 21.5 Å². The molecule has 0 N–H and O–H groups in total. The van der Waals surface area contributed by atoms with Crippen molar-refractivity contribution in [2.24, 2.45) is 0 Å². The lowest BCUT2D eigenvalue weighted by Crippen LogP contribution is -2.35. The van der Waals surface area contributed by atoms with Crippen LogP contribution in [-0.4, -0.2) is 33.8 Å². The fourth-order valence-electron chi connectivity index (χ4n) is 2.93. The van der Waals surface area contributed by atoms with Gasteiger partial charge in [-0.3, -0.25) is 0 Å². The molecule has 2 aromatic carbocycles. The van der Waals surface area contributed by atoms with Gasteiger partial charge >= 0.3 is 5.97 Å². The van der Waals surface area contributed by atoms with Crippen molar-refractivity contribution in [3.8, 4) is 0 Å². The molecule has 0 amide bonds. The number of benzene rings is 2. The molecular weight excluding hydrogens is 326 g/mol. The largest absolute Gasteiger partial charge is 0.465 e. The van der Waals surface area contributed by atoms with E-state index in [4.69, 9.17) is 4.74 Å². The molecule has 0 saturated carbocycles. The van der Waals surface area contributed by atoms with E-state index in [0.717, 1.165) is 11.1 Å². The first-order valence-electron chi connectivity index (χ1n) is 7.66. The van der Waals surface area contributed by atoms with Crippen LogP contribution in [0.4, 0.5) is 5.69 Å². The highest BCUT2D eigenvalue weighted by molar-refractivity contribution is 7.91. The first-order valence-corrected chi connectivity index (χ1v) is 9.31. The average Bonchev–Trinajstić information content (AvgIpc) is 2.56. The van der Waals surface area contributed by atoms with Gasteiger partial charge in [-0.2, -0.15) is 0 Å². The van der Waals surface area contributed by atoms with E-state index >= 15 is 0 Å². The Hall–Kier alpha value is -2.34. The molecule has 0 saturated heterocycles. The van der Waals surface area contributed by atoms with Gasteiger partial charge in [-0.05, 0) is 30.7 Å². The van der Waals surface area contributed by atoms with Gasteiger partial charge in [0.25, 0.3) is 0 Å². The van der Waals surface area contributed by atoms with Gasteiger partial charge in [-0.15, -0.1) is 0 Å². The van der Waals surface area contributed by atoms with Crippen LogP contribution in [0.2, 0.25) is 0 Å². The Morgan fingerprint density at radius 2 is 2.00 bits per heavy atom. The minimum absolute atomic E-state index is 0.0728. The maximum absolute atomic E-state index is 12.3. The SMILES string of the molecule is COC(=O)c1ccc2c(c1)N(Cc1cccc(C)c1)CCS2(=O)=O. The van der Waals surface area contributed by atoms with Crippen LogP contribution in [0, 0.1) is 6.92 Å². The molecule has 0 spiro atoms. The van der Waals surface area contributed by atoms with E-state index in [2.05, 4.69) is 6.07 Å². The summed E-state index contributed by atoms with van der Waals surface area (Å²) in [6.45, 7) is 3.01. The Bertz CT molecular complexity index is 890. The van der Waals surface area contributed by atoms with E-state index in [9.17, 15) is 13.2 Å². The zero-order valence-electron chi connectivity index (χ0n) is 13.7. The summed E-state index contributed by atoms with van der Waals surface area (Å²) in [5, 5.41) is 0. The van der Waals surface area contributed by atoms with Gasteiger partial charge in [-0.1, -0.05) is 29.8 Å². The normalized spacial score (nSPS) is 15.7. The predicted molar refractivity (Wildman–Crippen MR) is 92.1 cm³/mol. The Kier molecular flexibility index (Phi) is 4.32. The molecule has 0 radical (unpaired) electrons. The van der Waals surface area contributed by atoms with Crippen molar-refractivity contribution < 1.29 is 17.9 Å². The number of esters is 1. The Labute approximate surface area is 141 Å². The molecule has 1 aliphatic rings. The zero-order valence-corrected chi connectivity index (χ0v) is 14.5. The highest BCUT2D eigenvalue weighted by Gasteiger charge is 2.29. The molecule has 0 fully saturated rings. The van der Waals surface area contributed by atoms with E-state index in [1.165, 1.54) is 19.2 Å². The van der Waals surface area contributed by atoms with Gasteiger partial charge in [0, 0.05) is 13.1 Å². The van der Waals surface area contributed by atoms with Crippen molar-refractivity contribution in [2.75, 3.05) is 24.3 Å². The maximum Gasteiger partial charge on any atom is 0.337 e. The number of carbonyl (C=O) groups excluding carboxylic acids is 1. The summed E-state index contributed by atoms with van der Waals surface area (Å²) in [7, 11) is -2.01. The van der Waals surface area contributed by atoms with Gasteiger partial charge in [0.05, 0.1) is 29.0 Å². The first-order chi connectivity index (χ1) is 11.4. The molecule has 126 valence electrons. The fourth-order valence-corrected chi connectivity index (χ4v) is 4.39. The lowest BCUT2D eigenvalue weighted by atomic mass is 10.1. The maximum atomic E-state index is 12.3. The van der Waals surface area contributed by atoms with Crippen LogP contribution >= 0.6 is 0 Å². The summed E-state index contributed by atoms with van der Waals surface area (Å²) in [5.41, 5.74) is 3.16. The molecule has 24 heavy (non-hydrogen) atoms. The molecule has 0 atom stereocenters. The van der Waals surface area contributed by atoms with Crippen molar-refractivity contribution in [3.05, 3.63) is 59.2 Å². The number of nitrogens with zero attached hydrogens (tertiary/aromatic N) is 1. The third kappa shape index (κ3) is 3.14. The number of anilines is 1. The first kappa shape index (κ1) is 16.5. The smallest absolute Gasteiger partial charge is 0.337 e. The third-order valence-corrected chi connectivity index (χ3v) is 5.88. The van der Waals surface area contributed by atoms with Crippen LogP contribution in [0.3, 0.4) is 0 Å². The van der Waals surface area contributed by atoms with E-state index in [1.807, 2.05) is 30.0 Å². The zero-order chi connectivity index (χ0) is 17.3. The van der Waals surface area contributed by atoms with Crippen LogP contribution in [0.5, 0.6) is 0 Å². The molecule has 0 unspecified atom stereocenters. The quantitative estimate of drug-likeness (QED) is 0.800. The number of hydrogen-bond donors (Lipinski definition) is 0. The Morgan fingerprint density at radius 3 is 2.71 bits per heavy atom. The van der Waals surface area contributed by atoms with E-state index in [0.29, 0.717) is 24.3 Å². The summed E-state index contributed by atoms with van der Waals surface area (Å²) in [6.07, 6.45) is 0. The van der Waals surface area contributed by atoms with Gasteiger partial charge in [0.2, 0.25) is 0 Å². The van der Waals surface area contributed by atoms with Crippen molar-refractivity contribution in [1.82, 2.24) is 0 Å². The van der Waals surface area contributed by atoms with Crippen molar-refractivity contribution in [1.29, 1.82) is 0 Å². The molecular formula is C18H19NO4S. The summed E-state index contributed by atoms with van der Waals surface area (Å²) < 4.78 is 29.4. The average molecular weight is 345 g/mol. The Balaban J connectivity index is 2.03. The molecule has 6 heteroatoms. The van der Waals surface area contributed by atoms with Crippen LogP contribution in [-0.2, 0) is 21.1 Å². The second-order valence-electron chi connectivity index (χ2n) is 5.90. The third-order valence-electron chi connectivity index (χ3n) is 4.14. The second-order valence-corrected chi connectivity index (χ2v) is 7.98. The molecule has 0 bridgehead atoms. The monoisotopic (exact) mass is 345 g/mol. The lowest BCUT2D eigenvalue weighted by Gasteiger charge is -2.31.